The largest absolute Gasteiger partial charge is 0.463 e. The van der Waals surface area contributed by atoms with Crippen molar-refractivity contribution < 1.29 is 14.3 Å². The topological polar surface area (TPSA) is 43.4 Å². The van der Waals surface area contributed by atoms with Crippen molar-refractivity contribution in [2.24, 2.45) is 0 Å². The Kier molecular flexibility index (Phi) is 3.54. The van der Waals surface area contributed by atoms with Crippen molar-refractivity contribution in [1.29, 1.82) is 0 Å². The van der Waals surface area contributed by atoms with E-state index in [-0.39, 0.29) is 11.8 Å². The lowest BCUT2D eigenvalue weighted by molar-refractivity contribution is -0.138. The SMILES string of the molecule is CCOC(=O)C1=C(SC)C(=O)CC1. The van der Waals surface area contributed by atoms with Gasteiger partial charge in [-0.05, 0) is 19.6 Å². The lowest BCUT2D eigenvalue weighted by Crippen LogP contribution is -2.07. The van der Waals surface area contributed by atoms with E-state index in [9.17, 15) is 9.59 Å². The standard InChI is InChI=1S/C9H12O3S/c1-3-12-9(11)6-4-5-7(10)8(6)13-2/h3-5H2,1-2H3. The van der Waals surface area contributed by atoms with E-state index in [4.69, 9.17) is 4.74 Å². The normalized spacial score (nSPS) is 16.6. The third-order valence-corrected chi connectivity index (χ3v) is 2.74. The van der Waals surface area contributed by atoms with Gasteiger partial charge in [0, 0.05) is 6.42 Å². The molecule has 0 aliphatic heterocycles. The third-order valence-electron chi connectivity index (χ3n) is 1.86. The second-order valence-electron chi connectivity index (χ2n) is 2.66. The number of ketones is 1. The van der Waals surface area contributed by atoms with Crippen LogP contribution in [0.15, 0.2) is 10.5 Å². The second kappa shape index (κ2) is 4.46. The van der Waals surface area contributed by atoms with Crippen LogP contribution in [0.1, 0.15) is 19.8 Å². The molecule has 1 aliphatic carbocycles. The number of Topliss-reactive ketones (excluding diaryl/α,β-unsaturated/α-hetero) is 1. The Morgan fingerprint density at radius 1 is 1.54 bits per heavy atom. The van der Waals surface area contributed by atoms with E-state index in [1.54, 1.807) is 13.2 Å². The molecule has 1 aliphatic rings. The molecule has 0 atom stereocenters. The summed E-state index contributed by atoms with van der Waals surface area (Å²) >= 11 is 1.33. The van der Waals surface area contributed by atoms with Crippen LogP contribution in [0.3, 0.4) is 0 Å². The minimum atomic E-state index is -0.335. The highest BCUT2D eigenvalue weighted by Gasteiger charge is 2.27. The number of rotatable bonds is 3. The molecule has 0 saturated heterocycles. The molecular weight excluding hydrogens is 188 g/mol. The van der Waals surface area contributed by atoms with Crippen molar-refractivity contribution in [3.63, 3.8) is 0 Å². The van der Waals surface area contributed by atoms with Crippen LogP contribution < -0.4 is 0 Å². The lowest BCUT2D eigenvalue weighted by atomic mass is 10.2. The molecule has 0 radical (unpaired) electrons. The van der Waals surface area contributed by atoms with Gasteiger partial charge in [0.15, 0.2) is 5.78 Å². The van der Waals surface area contributed by atoms with Crippen LogP contribution in [0.5, 0.6) is 0 Å². The molecule has 0 unspecified atom stereocenters. The van der Waals surface area contributed by atoms with Crippen molar-refractivity contribution >= 4 is 23.5 Å². The number of carbonyl (C=O) groups is 2. The van der Waals surface area contributed by atoms with E-state index in [1.165, 1.54) is 11.8 Å². The maximum Gasteiger partial charge on any atom is 0.335 e. The van der Waals surface area contributed by atoms with E-state index in [2.05, 4.69) is 0 Å². The molecule has 3 nitrogen and oxygen atoms in total. The fourth-order valence-electron chi connectivity index (χ4n) is 1.28. The molecule has 4 heteroatoms. The Morgan fingerprint density at radius 3 is 2.77 bits per heavy atom. The summed E-state index contributed by atoms with van der Waals surface area (Å²) in [5, 5.41) is 0. The van der Waals surface area contributed by atoms with Gasteiger partial charge in [-0.2, -0.15) is 0 Å². The minimum Gasteiger partial charge on any atom is -0.463 e. The summed E-state index contributed by atoms with van der Waals surface area (Å²) < 4.78 is 4.84. The van der Waals surface area contributed by atoms with E-state index in [1.807, 2.05) is 0 Å². The van der Waals surface area contributed by atoms with Crippen LogP contribution in [0.4, 0.5) is 0 Å². The van der Waals surface area contributed by atoms with Crippen LogP contribution in [-0.2, 0) is 14.3 Å². The molecule has 0 fully saturated rings. The zero-order valence-electron chi connectivity index (χ0n) is 7.75. The Balaban J connectivity index is 2.82. The molecule has 72 valence electrons. The Morgan fingerprint density at radius 2 is 2.23 bits per heavy atom. The van der Waals surface area contributed by atoms with E-state index >= 15 is 0 Å². The maximum atomic E-state index is 11.3. The zero-order valence-corrected chi connectivity index (χ0v) is 8.57. The van der Waals surface area contributed by atoms with Gasteiger partial charge in [-0.15, -0.1) is 11.8 Å². The first-order valence-corrected chi connectivity index (χ1v) is 5.40. The van der Waals surface area contributed by atoms with E-state index in [0.717, 1.165) is 0 Å². The Labute approximate surface area is 81.5 Å². The molecule has 0 aromatic heterocycles. The van der Waals surface area contributed by atoms with Crippen molar-refractivity contribution in [3.8, 4) is 0 Å². The quantitative estimate of drug-likeness (QED) is 0.648. The van der Waals surface area contributed by atoms with Gasteiger partial charge < -0.3 is 4.74 Å². The molecule has 0 aromatic rings. The summed E-state index contributed by atoms with van der Waals surface area (Å²) in [6.45, 7) is 2.12. The number of allylic oxidation sites excluding steroid dienone is 1. The average molecular weight is 200 g/mol. The van der Waals surface area contributed by atoms with Crippen LogP contribution >= 0.6 is 11.8 Å². The second-order valence-corrected chi connectivity index (χ2v) is 3.47. The molecule has 13 heavy (non-hydrogen) atoms. The summed E-state index contributed by atoms with van der Waals surface area (Å²) in [6.07, 6.45) is 2.79. The summed E-state index contributed by atoms with van der Waals surface area (Å²) in [4.78, 5) is 23.1. The summed E-state index contributed by atoms with van der Waals surface area (Å²) in [5.74, 6) is -0.270. The molecule has 0 saturated carbocycles. The predicted octanol–water partition coefficient (Wildman–Crippen LogP) is 1.53. The fourth-order valence-corrected chi connectivity index (χ4v) is 2.05. The number of ether oxygens (including phenoxy) is 1. The van der Waals surface area contributed by atoms with Gasteiger partial charge in [0.05, 0.1) is 17.1 Å². The number of hydrogen-bond acceptors (Lipinski definition) is 4. The molecule has 0 aromatic carbocycles. The average Bonchev–Trinajstić information content (AvgIpc) is 2.47. The van der Waals surface area contributed by atoms with Gasteiger partial charge in [0.1, 0.15) is 0 Å². The first kappa shape index (κ1) is 10.3. The summed E-state index contributed by atoms with van der Waals surface area (Å²) in [5.41, 5.74) is 0.555. The zero-order chi connectivity index (χ0) is 9.84. The molecule has 0 amide bonds. The fraction of sp³-hybridized carbons (Fsp3) is 0.556. The first-order chi connectivity index (χ1) is 6.20. The van der Waals surface area contributed by atoms with Crippen LogP contribution in [-0.4, -0.2) is 24.6 Å². The third kappa shape index (κ3) is 2.12. The van der Waals surface area contributed by atoms with E-state index < -0.39 is 0 Å². The van der Waals surface area contributed by atoms with E-state index in [0.29, 0.717) is 29.9 Å². The molecule has 1 rings (SSSR count). The molecular formula is C9H12O3S. The number of thioether (sulfide) groups is 1. The van der Waals surface area contributed by atoms with Crippen molar-refractivity contribution in [2.45, 2.75) is 19.8 Å². The van der Waals surface area contributed by atoms with Crippen molar-refractivity contribution in [2.75, 3.05) is 12.9 Å². The Hall–Kier alpha value is -0.770. The molecule has 0 spiro atoms. The maximum absolute atomic E-state index is 11.3. The monoisotopic (exact) mass is 200 g/mol. The highest BCUT2D eigenvalue weighted by atomic mass is 32.2. The van der Waals surface area contributed by atoms with Gasteiger partial charge in [0.2, 0.25) is 0 Å². The first-order valence-electron chi connectivity index (χ1n) is 4.18. The predicted molar refractivity (Wildman–Crippen MR) is 51.4 cm³/mol. The number of carbonyl (C=O) groups excluding carboxylic acids is 2. The Bertz CT molecular complexity index is 268. The number of hydrogen-bond donors (Lipinski definition) is 0. The van der Waals surface area contributed by atoms with Crippen LogP contribution in [0.25, 0.3) is 0 Å². The van der Waals surface area contributed by atoms with Crippen LogP contribution in [0, 0.1) is 0 Å². The highest BCUT2D eigenvalue weighted by molar-refractivity contribution is 8.03. The van der Waals surface area contributed by atoms with Gasteiger partial charge >= 0.3 is 5.97 Å². The summed E-state index contributed by atoms with van der Waals surface area (Å²) in [6, 6.07) is 0. The highest BCUT2D eigenvalue weighted by Crippen LogP contribution is 2.30. The molecule has 0 heterocycles. The minimum absolute atomic E-state index is 0.0653. The van der Waals surface area contributed by atoms with Crippen molar-refractivity contribution in [3.05, 3.63) is 10.5 Å². The van der Waals surface area contributed by atoms with Gasteiger partial charge in [-0.3, -0.25) is 4.79 Å². The van der Waals surface area contributed by atoms with Gasteiger partial charge in [0.25, 0.3) is 0 Å². The van der Waals surface area contributed by atoms with Crippen LogP contribution in [0.2, 0.25) is 0 Å². The lowest BCUT2D eigenvalue weighted by Gasteiger charge is -2.02. The van der Waals surface area contributed by atoms with Gasteiger partial charge in [-0.25, -0.2) is 4.79 Å². The number of esters is 1. The molecule has 0 bridgehead atoms. The van der Waals surface area contributed by atoms with Gasteiger partial charge in [-0.1, -0.05) is 0 Å². The smallest absolute Gasteiger partial charge is 0.335 e. The van der Waals surface area contributed by atoms with Crippen molar-refractivity contribution in [1.82, 2.24) is 0 Å². The summed E-state index contributed by atoms with van der Waals surface area (Å²) in [7, 11) is 0. The molecule has 0 N–H and O–H groups in total.